The van der Waals surface area contributed by atoms with E-state index in [1.54, 1.807) is 12.1 Å². The summed E-state index contributed by atoms with van der Waals surface area (Å²) in [5.74, 6) is -0.619. The standard InChI is InChI=1S/C16H20BrFN2O/c17-11-4-7-14(15(18)9-11)16(21)20(13-5-6-13)10-12-3-1-2-8-19-12/h4,7,9,12-13,19H,1-3,5-6,8,10H2. The zero-order valence-electron chi connectivity index (χ0n) is 11.9. The first-order chi connectivity index (χ1) is 10.1. The third-order valence-electron chi connectivity index (χ3n) is 4.24. The van der Waals surface area contributed by atoms with Crippen molar-refractivity contribution in [2.75, 3.05) is 13.1 Å². The molecule has 1 aliphatic heterocycles. The second-order valence-electron chi connectivity index (χ2n) is 5.96. The van der Waals surface area contributed by atoms with Gasteiger partial charge in [-0.05, 0) is 50.4 Å². The summed E-state index contributed by atoms with van der Waals surface area (Å²) in [7, 11) is 0. The summed E-state index contributed by atoms with van der Waals surface area (Å²) < 4.78 is 14.7. The van der Waals surface area contributed by atoms with E-state index in [4.69, 9.17) is 0 Å². The highest BCUT2D eigenvalue weighted by atomic mass is 79.9. The van der Waals surface area contributed by atoms with Crippen molar-refractivity contribution in [2.24, 2.45) is 0 Å². The lowest BCUT2D eigenvalue weighted by molar-refractivity contribution is 0.0713. The van der Waals surface area contributed by atoms with Gasteiger partial charge in [-0.15, -0.1) is 0 Å². The summed E-state index contributed by atoms with van der Waals surface area (Å²) in [5.41, 5.74) is 0.181. The van der Waals surface area contributed by atoms with E-state index in [9.17, 15) is 9.18 Å². The molecule has 0 radical (unpaired) electrons. The molecule has 114 valence electrons. The molecule has 0 spiro atoms. The topological polar surface area (TPSA) is 32.3 Å². The fourth-order valence-corrected chi connectivity index (χ4v) is 3.25. The van der Waals surface area contributed by atoms with Crippen LogP contribution in [-0.4, -0.2) is 36.0 Å². The smallest absolute Gasteiger partial charge is 0.257 e. The molecule has 1 aliphatic carbocycles. The monoisotopic (exact) mass is 354 g/mol. The lowest BCUT2D eigenvalue weighted by Gasteiger charge is -2.31. The minimum atomic E-state index is -0.448. The number of rotatable bonds is 4. The van der Waals surface area contributed by atoms with Crippen LogP contribution in [0, 0.1) is 5.82 Å². The molecular formula is C16H20BrFN2O. The molecule has 21 heavy (non-hydrogen) atoms. The molecule has 1 saturated carbocycles. The van der Waals surface area contributed by atoms with E-state index in [0.29, 0.717) is 23.1 Å². The second kappa shape index (κ2) is 6.44. The molecule has 1 saturated heterocycles. The summed E-state index contributed by atoms with van der Waals surface area (Å²) in [5, 5.41) is 3.47. The van der Waals surface area contributed by atoms with Crippen molar-refractivity contribution in [3.05, 3.63) is 34.1 Å². The van der Waals surface area contributed by atoms with Gasteiger partial charge in [0, 0.05) is 23.1 Å². The Labute approximate surface area is 133 Å². The van der Waals surface area contributed by atoms with Crippen LogP contribution in [0.1, 0.15) is 42.5 Å². The van der Waals surface area contributed by atoms with Crippen molar-refractivity contribution in [3.8, 4) is 0 Å². The van der Waals surface area contributed by atoms with Crippen molar-refractivity contribution < 1.29 is 9.18 Å². The first-order valence-corrected chi connectivity index (χ1v) is 8.44. The van der Waals surface area contributed by atoms with Crippen LogP contribution in [0.25, 0.3) is 0 Å². The number of nitrogens with one attached hydrogen (secondary N) is 1. The third kappa shape index (κ3) is 3.64. The molecule has 1 unspecified atom stereocenters. The summed E-state index contributed by atoms with van der Waals surface area (Å²) in [6, 6.07) is 5.30. The molecule has 1 aromatic rings. The highest BCUT2D eigenvalue weighted by Crippen LogP contribution is 2.30. The molecule has 1 atom stereocenters. The maximum absolute atomic E-state index is 14.0. The average molecular weight is 355 g/mol. The van der Waals surface area contributed by atoms with E-state index < -0.39 is 5.82 Å². The lowest BCUT2D eigenvalue weighted by atomic mass is 10.0. The largest absolute Gasteiger partial charge is 0.334 e. The Balaban J connectivity index is 1.75. The Kier molecular flexibility index (Phi) is 4.60. The number of carbonyl (C=O) groups excluding carboxylic acids is 1. The van der Waals surface area contributed by atoms with Crippen molar-refractivity contribution >= 4 is 21.8 Å². The first-order valence-electron chi connectivity index (χ1n) is 7.64. The van der Waals surface area contributed by atoms with Gasteiger partial charge in [-0.3, -0.25) is 4.79 Å². The number of halogens is 2. The average Bonchev–Trinajstić information content (AvgIpc) is 3.30. The van der Waals surface area contributed by atoms with Crippen LogP contribution >= 0.6 is 15.9 Å². The first kappa shape index (κ1) is 15.0. The number of nitrogens with zero attached hydrogens (tertiary/aromatic N) is 1. The van der Waals surface area contributed by atoms with E-state index in [-0.39, 0.29) is 11.5 Å². The quantitative estimate of drug-likeness (QED) is 0.899. The van der Waals surface area contributed by atoms with E-state index in [2.05, 4.69) is 21.2 Å². The van der Waals surface area contributed by atoms with Crippen LogP contribution in [0.3, 0.4) is 0 Å². The van der Waals surface area contributed by atoms with Crippen LogP contribution in [0.4, 0.5) is 4.39 Å². The Bertz CT molecular complexity index is 527. The third-order valence-corrected chi connectivity index (χ3v) is 4.73. The summed E-state index contributed by atoms with van der Waals surface area (Å²) >= 11 is 3.23. The molecule has 1 aromatic carbocycles. The van der Waals surface area contributed by atoms with Gasteiger partial charge in [0.25, 0.3) is 5.91 Å². The molecule has 5 heteroatoms. The van der Waals surface area contributed by atoms with E-state index in [0.717, 1.165) is 25.8 Å². The van der Waals surface area contributed by atoms with Gasteiger partial charge in [-0.25, -0.2) is 4.39 Å². The molecule has 1 heterocycles. The minimum Gasteiger partial charge on any atom is -0.334 e. The molecule has 2 aliphatic rings. The SMILES string of the molecule is O=C(c1ccc(Br)cc1F)N(CC1CCCCN1)C1CC1. The zero-order valence-corrected chi connectivity index (χ0v) is 13.5. The fourth-order valence-electron chi connectivity index (χ4n) is 2.92. The Morgan fingerprint density at radius 2 is 2.14 bits per heavy atom. The van der Waals surface area contributed by atoms with Gasteiger partial charge in [0.1, 0.15) is 5.82 Å². The Morgan fingerprint density at radius 3 is 2.76 bits per heavy atom. The number of hydrogen-bond acceptors (Lipinski definition) is 2. The fraction of sp³-hybridized carbons (Fsp3) is 0.562. The van der Waals surface area contributed by atoms with Crippen molar-refractivity contribution in [2.45, 2.75) is 44.2 Å². The van der Waals surface area contributed by atoms with Crippen LogP contribution in [0.5, 0.6) is 0 Å². The van der Waals surface area contributed by atoms with Crippen LogP contribution in [0.2, 0.25) is 0 Å². The molecule has 0 bridgehead atoms. The van der Waals surface area contributed by atoms with Crippen molar-refractivity contribution in [1.29, 1.82) is 0 Å². The molecule has 1 amide bonds. The number of amides is 1. The van der Waals surface area contributed by atoms with E-state index >= 15 is 0 Å². The van der Waals surface area contributed by atoms with Gasteiger partial charge in [0.05, 0.1) is 5.56 Å². The molecule has 3 nitrogen and oxygen atoms in total. The maximum Gasteiger partial charge on any atom is 0.257 e. The molecule has 0 aromatic heterocycles. The Hall–Kier alpha value is -0.940. The molecular weight excluding hydrogens is 335 g/mol. The zero-order chi connectivity index (χ0) is 14.8. The van der Waals surface area contributed by atoms with Crippen molar-refractivity contribution in [3.63, 3.8) is 0 Å². The van der Waals surface area contributed by atoms with Crippen LogP contribution in [0.15, 0.2) is 22.7 Å². The van der Waals surface area contributed by atoms with Gasteiger partial charge in [-0.1, -0.05) is 22.4 Å². The summed E-state index contributed by atoms with van der Waals surface area (Å²) in [4.78, 5) is 14.5. The summed E-state index contributed by atoms with van der Waals surface area (Å²) in [6.45, 7) is 1.71. The predicted molar refractivity (Wildman–Crippen MR) is 83.8 cm³/mol. The van der Waals surface area contributed by atoms with Crippen LogP contribution in [-0.2, 0) is 0 Å². The predicted octanol–water partition coefficient (Wildman–Crippen LogP) is 3.33. The van der Waals surface area contributed by atoms with E-state index in [1.807, 2.05) is 4.90 Å². The lowest BCUT2D eigenvalue weighted by Crippen LogP contribution is -2.46. The van der Waals surface area contributed by atoms with Gasteiger partial charge in [0.2, 0.25) is 0 Å². The van der Waals surface area contributed by atoms with Crippen LogP contribution < -0.4 is 5.32 Å². The van der Waals surface area contributed by atoms with Crippen molar-refractivity contribution in [1.82, 2.24) is 10.2 Å². The van der Waals surface area contributed by atoms with Gasteiger partial charge in [0.15, 0.2) is 0 Å². The van der Waals surface area contributed by atoms with E-state index in [1.165, 1.54) is 18.9 Å². The number of piperidine rings is 1. The van der Waals surface area contributed by atoms with Gasteiger partial charge < -0.3 is 10.2 Å². The summed E-state index contributed by atoms with van der Waals surface area (Å²) in [6.07, 6.45) is 5.58. The number of hydrogen-bond donors (Lipinski definition) is 1. The van der Waals surface area contributed by atoms with Gasteiger partial charge >= 0.3 is 0 Å². The normalized spacial score (nSPS) is 22.1. The molecule has 2 fully saturated rings. The number of benzene rings is 1. The minimum absolute atomic E-state index is 0.171. The number of carbonyl (C=O) groups is 1. The maximum atomic E-state index is 14.0. The van der Waals surface area contributed by atoms with Gasteiger partial charge in [-0.2, -0.15) is 0 Å². The molecule has 3 rings (SSSR count). The Morgan fingerprint density at radius 1 is 1.33 bits per heavy atom. The molecule has 1 N–H and O–H groups in total. The highest BCUT2D eigenvalue weighted by molar-refractivity contribution is 9.10. The second-order valence-corrected chi connectivity index (χ2v) is 6.88. The highest BCUT2D eigenvalue weighted by Gasteiger charge is 2.35.